The Balaban J connectivity index is 1.59. The highest BCUT2D eigenvalue weighted by Crippen LogP contribution is 2.32. The van der Waals surface area contributed by atoms with Crippen LogP contribution in [0.15, 0.2) is 59.5 Å². The Morgan fingerprint density at radius 3 is 2.52 bits per heavy atom. The molecule has 27 heavy (non-hydrogen) atoms. The standard InChI is InChI=1S/C20H17NO4S2/c22-18(23)13-21-19(24)17(27-20(21)26)12-15-6-8-16(9-7-15)25-11-10-14-4-2-1-3-5-14/h1-9,12H,10-11,13H2,(H,22,23)/b17-12+. The van der Waals surface area contributed by atoms with E-state index in [0.29, 0.717) is 11.5 Å². The van der Waals surface area contributed by atoms with E-state index < -0.39 is 12.5 Å². The summed E-state index contributed by atoms with van der Waals surface area (Å²) < 4.78 is 6.01. The highest BCUT2D eigenvalue weighted by Gasteiger charge is 2.33. The third-order valence-electron chi connectivity index (χ3n) is 3.85. The number of carbonyl (C=O) groups excluding carboxylic acids is 1. The highest BCUT2D eigenvalue weighted by molar-refractivity contribution is 8.26. The van der Waals surface area contributed by atoms with Crippen molar-refractivity contribution in [2.75, 3.05) is 13.2 Å². The zero-order valence-electron chi connectivity index (χ0n) is 14.3. The SMILES string of the molecule is O=C(O)CN1C(=O)/C(=C\c2ccc(OCCc3ccccc3)cc2)SC1=S. The minimum Gasteiger partial charge on any atom is -0.493 e. The molecule has 3 rings (SSSR count). The zero-order chi connectivity index (χ0) is 19.2. The molecule has 1 N–H and O–H groups in total. The summed E-state index contributed by atoms with van der Waals surface area (Å²) in [6.45, 7) is 0.160. The largest absolute Gasteiger partial charge is 0.493 e. The number of nitrogens with zero attached hydrogens (tertiary/aromatic N) is 1. The predicted molar refractivity (Wildman–Crippen MR) is 110 cm³/mol. The van der Waals surface area contributed by atoms with Crippen molar-refractivity contribution in [3.05, 3.63) is 70.6 Å². The van der Waals surface area contributed by atoms with Crippen LogP contribution in [-0.4, -0.2) is 39.4 Å². The van der Waals surface area contributed by atoms with Crippen LogP contribution in [0.5, 0.6) is 5.75 Å². The fourth-order valence-electron chi connectivity index (χ4n) is 2.51. The molecule has 0 spiro atoms. The Bertz CT molecular complexity index is 879. The molecule has 0 unspecified atom stereocenters. The molecule has 0 aliphatic carbocycles. The number of carboxylic acids is 1. The Hall–Kier alpha value is -2.64. The number of aliphatic carboxylic acids is 1. The molecule has 138 valence electrons. The number of carbonyl (C=O) groups is 2. The molecule has 7 heteroatoms. The summed E-state index contributed by atoms with van der Waals surface area (Å²) in [6, 6.07) is 17.5. The van der Waals surface area contributed by atoms with Crippen molar-refractivity contribution in [1.82, 2.24) is 4.90 Å². The van der Waals surface area contributed by atoms with Crippen molar-refractivity contribution in [2.24, 2.45) is 0 Å². The van der Waals surface area contributed by atoms with Gasteiger partial charge in [0.2, 0.25) is 0 Å². The highest BCUT2D eigenvalue weighted by atomic mass is 32.2. The lowest BCUT2D eigenvalue weighted by molar-refractivity contribution is -0.140. The molecule has 0 bridgehead atoms. The van der Waals surface area contributed by atoms with Crippen LogP contribution in [0.2, 0.25) is 0 Å². The number of rotatable bonds is 7. The molecule has 0 aromatic heterocycles. The van der Waals surface area contributed by atoms with Gasteiger partial charge in [0.1, 0.15) is 16.6 Å². The first-order valence-corrected chi connectivity index (χ1v) is 9.49. The molecule has 0 saturated carbocycles. The van der Waals surface area contributed by atoms with E-state index in [-0.39, 0.29) is 10.2 Å². The van der Waals surface area contributed by atoms with E-state index in [0.717, 1.165) is 34.4 Å². The smallest absolute Gasteiger partial charge is 0.323 e. The number of amides is 1. The summed E-state index contributed by atoms with van der Waals surface area (Å²) in [6.07, 6.45) is 2.53. The summed E-state index contributed by atoms with van der Waals surface area (Å²) in [7, 11) is 0. The van der Waals surface area contributed by atoms with E-state index in [1.165, 1.54) is 5.56 Å². The van der Waals surface area contributed by atoms with Gasteiger partial charge in [-0.3, -0.25) is 14.5 Å². The van der Waals surface area contributed by atoms with Gasteiger partial charge in [-0.15, -0.1) is 0 Å². The van der Waals surface area contributed by atoms with Gasteiger partial charge in [-0.1, -0.05) is 66.4 Å². The fourth-order valence-corrected chi connectivity index (χ4v) is 3.77. The number of carboxylic acid groups (broad SMARTS) is 1. The lowest BCUT2D eigenvalue weighted by Gasteiger charge is -2.10. The van der Waals surface area contributed by atoms with E-state index in [2.05, 4.69) is 12.1 Å². The van der Waals surface area contributed by atoms with Crippen LogP contribution in [-0.2, 0) is 16.0 Å². The van der Waals surface area contributed by atoms with Gasteiger partial charge in [0, 0.05) is 6.42 Å². The first-order valence-electron chi connectivity index (χ1n) is 8.27. The van der Waals surface area contributed by atoms with Crippen LogP contribution in [0.4, 0.5) is 0 Å². The van der Waals surface area contributed by atoms with Crippen LogP contribution in [0.3, 0.4) is 0 Å². The minimum atomic E-state index is -1.09. The maximum Gasteiger partial charge on any atom is 0.323 e. The Labute approximate surface area is 166 Å². The maximum atomic E-state index is 12.3. The number of ether oxygens (including phenoxy) is 1. The lowest BCUT2D eigenvalue weighted by atomic mass is 10.2. The van der Waals surface area contributed by atoms with Crippen molar-refractivity contribution in [2.45, 2.75) is 6.42 Å². The fraction of sp³-hybridized carbons (Fsp3) is 0.150. The molecule has 1 amide bonds. The van der Waals surface area contributed by atoms with Gasteiger partial charge < -0.3 is 9.84 Å². The Morgan fingerprint density at radius 2 is 1.85 bits per heavy atom. The van der Waals surface area contributed by atoms with E-state index >= 15 is 0 Å². The second-order valence-electron chi connectivity index (χ2n) is 5.81. The topological polar surface area (TPSA) is 66.8 Å². The summed E-state index contributed by atoms with van der Waals surface area (Å²) in [5, 5.41) is 8.86. The molecule has 1 saturated heterocycles. The van der Waals surface area contributed by atoms with Gasteiger partial charge in [0.15, 0.2) is 0 Å². The van der Waals surface area contributed by atoms with Crippen LogP contribution >= 0.6 is 24.0 Å². The molecule has 1 aliphatic rings. The number of benzene rings is 2. The van der Waals surface area contributed by atoms with Crippen LogP contribution in [0.25, 0.3) is 6.08 Å². The minimum absolute atomic E-state index is 0.259. The maximum absolute atomic E-state index is 12.3. The molecule has 2 aromatic carbocycles. The van der Waals surface area contributed by atoms with Crippen LogP contribution in [0.1, 0.15) is 11.1 Å². The number of hydrogen-bond acceptors (Lipinski definition) is 5. The molecule has 1 heterocycles. The first-order chi connectivity index (χ1) is 13.0. The van der Waals surface area contributed by atoms with E-state index in [4.69, 9.17) is 22.1 Å². The molecular formula is C20H17NO4S2. The van der Waals surface area contributed by atoms with Crippen molar-refractivity contribution in [1.29, 1.82) is 0 Å². The summed E-state index contributed by atoms with van der Waals surface area (Å²) in [4.78, 5) is 24.6. The molecule has 0 radical (unpaired) electrons. The molecule has 5 nitrogen and oxygen atoms in total. The monoisotopic (exact) mass is 399 g/mol. The Morgan fingerprint density at radius 1 is 1.15 bits per heavy atom. The van der Waals surface area contributed by atoms with E-state index in [9.17, 15) is 9.59 Å². The third kappa shape index (κ3) is 5.18. The molecule has 2 aromatic rings. The van der Waals surface area contributed by atoms with Gasteiger partial charge in [0.05, 0.1) is 11.5 Å². The average molecular weight is 399 g/mol. The van der Waals surface area contributed by atoms with Crippen LogP contribution in [0, 0.1) is 0 Å². The second-order valence-corrected chi connectivity index (χ2v) is 7.49. The van der Waals surface area contributed by atoms with E-state index in [1.807, 2.05) is 42.5 Å². The second kappa shape index (κ2) is 8.83. The molecular weight excluding hydrogens is 382 g/mol. The van der Waals surface area contributed by atoms with Crippen molar-refractivity contribution >= 4 is 46.3 Å². The van der Waals surface area contributed by atoms with Gasteiger partial charge in [-0.2, -0.15) is 0 Å². The van der Waals surface area contributed by atoms with E-state index in [1.54, 1.807) is 6.08 Å². The summed E-state index contributed by atoms with van der Waals surface area (Å²) >= 11 is 6.19. The van der Waals surface area contributed by atoms with Gasteiger partial charge in [-0.25, -0.2) is 0 Å². The number of hydrogen-bond donors (Lipinski definition) is 1. The van der Waals surface area contributed by atoms with Crippen LogP contribution < -0.4 is 4.74 Å². The summed E-state index contributed by atoms with van der Waals surface area (Å²) in [5.41, 5.74) is 2.04. The lowest BCUT2D eigenvalue weighted by Crippen LogP contribution is -2.33. The first kappa shape index (κ1) is 19.1. The Kier molecular flexibility index (Phi) is 6.26. The third-order valence-corrected chi connectivity index (χ3v) is 5.22. The zero-order valence-corrected chi connectivity index (χ0v) is 16.0. The summed E-state index contributed by atoms with van der Waals surface area (Å²) in [5.74, 6) is -0.721. The molecule has 0 atom stereocenters. The average Bonchev–Trinajstić information content (AvgIpc) is 2.91. The predicted octanol–water partition coefficient (Wildman–Crippen LogP) is 3.59. The number of thioether (sulfide) groups is 1. The number of thiocarbonyl (C=S) groups is 1. The normalized spacial score (nSPS) is 15.4. The quantitative estimate of drug-likeness (QED) is 0.567. The van der Waals surface area contributed by atoms with Crippen molar-refractivity contribution in [3.63, 3.8) is 0 Å². The van der Waals surface area contributed by atoms with Gasteiger partial charge in [-0.05, 0) is 29.3 Å². The van der Waals surface area contributed by atoms with Gasteiger partial charge >= 0.3 is 5.97 Å². The molecule has 1 fully saturated rings. The van der Waals surface area contributed by atoms with Crippen molar-refractivity contribution in [3.8, 4) is 5.75 Å². The molecule has 1 aliphatic heterocycles. The van der Waals surface area contributed by atoms with Crippen molar-refractivity contribution < 1.29 is 19.4 Å². The van der Waals surface area contributed by atoms with Gasteiger partial charge in [0.25, 0.3) is 5.91 Å².